The number of hydrogen-bond acceptors (Lipinski definition) is 1. The van der Waals surface area contributed by atoms with E-state index in [-0.39, 0.29) is 0 Å². The molecule has 0 rings (SSSR count). The zero-order chi connectivity index (χ0) is 20.5. The fourth-order valence-electron chi connectivity index (χ4n) is 3.87. The molecule has 0 spiro atoms. The predicted octanol–water partition coefficient (Wildman–Crippen LogP) is 9.73. The Morgan fingerprint density at radius 3 is 1.21 bits per heavy atom. The lowest BCUT2D eigenvalue weighted by Gasteiger charge is -2.04. The van der Waals surface area contributed by atoms with Crippen molar-refractivity contribution in [2.24, 2.45) is 0 Å². The van der Waals surface area contributed by atoms with Crippen LogP contribution < -0.4 is 0 Å². The molecule has 0 saturated carbocycles. The van der Waals surface area contributed by atoms with E-state index < -0.39 is 0 Å². The minimum absolute atomic E-state index is 0.436. The highest BCUT2D eigenvalue weighted by Gasteiger charge is 1.98. The van der Waals surface area contributed by atoms with E-state index in [9.17, 15) is 4.79 Å². The number of Topliss-reactive ketones (excluding diaryl/α,β-unsaturated/α-hetero) is 1. The van der Waals surface area contributed by atoms with E-state index in [1.54, 1.807) is 0 Å². The molecule has 0 aromatic heterocycles. The zero-order valence-electron chi connectivity index (χ0n) is 19.6. The van der Waals surface area contributed by atoms with Gasteiger partial charge in [-0.05, 0) is 25.7 Å². The maximum absolute atomic E-state index is 11.2. The standard InChI is InChI=1S/C27H52O/c1-3-5-6-7-8-9-10-11-12-13-14-15-16-17-18-19-20-21-22-23-24-25-26-27(28)4-2/h5-6H,3-4,7-26H2,1-2H3. The molecule has 28 heavy (non-hydrogen) atoms. The van der Waals surface area contributed by atoms with Gasteiger partial charge in [0.05, 0.1) is 0 Å². The summed E-state index contributed by atoms with van der Waals surface area (Å²) in [5, 5.41) is 0. The van der Waals surface area contributed by atoms with Gasteiger partial charge in [0.1, 0.15) is 5.78 Å². The molecule has 166 valence electrons. The van der Waals surface area contributed by atoms with Gasteiger partial charge in [0.15, 0.2) is 0 Å². The van der Waals surface area contributed by atoms with Crippen molar-refractivity contribution in [1.29, 1.82) is 0 Å². The third-order valence-electron chi connectivity index (χ3n) is 5.87. The van der Waals surface area contributed by atoms with Gasteiger partial charge in [-0.2, -0.15) is 0 Å². The third kappa shape index (κ3) is 23.4. The fourth-order valence-corrected chi connectivity index (χ4v) is 3.87. The van der Waals surface area contributed by atoms with Gasteiger partial charge >= 0.3 is 0 Å². The van der Waals surface area contributed by atoms with E-state index >= 15 is 0 Å². The Balaban J connectivity index is 3.03. The molecule has 0 amide bonds. The van der Waals surface area contributed by atoms with E-state index in [1.165, 1.54) is 122 Å². The third-order valence-corrected chi connectivity index (χ3v) is 5.87. The first-order valence-electron chi connectivity index (χ1n) is 13.0. The van der Waals surface area contributed by atoms with Gasteiger partial charge in [-0.25, -0.2) is 0 Å². The van der Waals surface area contributed by atoms with Gasteiger partial charge in [0, 0.05) is 12.8 Å². The van der Waals surface area contributed by atoms with Crippen LogP contribution in [0.5, 0.6) is 0 Å². The van der Waals surface area contributed by atoms with E-state index in [1.807, 2.05) is 6.92 Å². The van der Waals surface area contributed by atoms with Crippen molar-refractivity contribution in [3.05, 3.63) is 12.2 Å². The van der Waals surface area contributed by atoms with Crippen LogP contribution in [0.3, 0.4) is 0 Å². The maximum atomic E-state index is 11.2. The van der Waals surface area contributed by atoms with Crippen LogP contribution in [-0.4, -0.2) is 5.78 Å². The Hall–Kier alpha value is -0.590. The van der Waals surface area contributed by atoms with Crippen LogP contribution in [0.1, 0.15) is 155 Å². The molecule has 0 fully saturated rings. The Kier molecular flexibility index (Phi) is 23.9. The number of allylic oxidation sites excluding steroid dienone is 2. The molecule has 0 aromatic rings. The summed E-state index contributed by atoms with van der Waals surface area (Å²) in [6, 6.07) is 0. The molecular weight excluding hydrogens is 340 g/mol. The predicted molar refractivity (Wildman–Crippen MR) is 127 cm³/mol. The number of ketones is 1. The molecule has 0 aliphatic heterocycles. The topological polar surface area (TPSA) is 17.1 Å². The van der Waals surface area contributed by atoms with Crippen LogP contribution >= 0.6 is 0 Å². The van der Waals surface area contributed by atoms with Crippen molar-refractivity contribution in [3.63, 3.8) is 0 Å². The lowest BCUT2D eigenvalue weighted by molar-refractivity contribution is -0.118. The molecule has 0 aliphatic carbocycles. The largest absolute Gasteiger partial charge is 0.300 e. The van der Waals surface area contributed by atoms with Crippen LogP contribution in [0.15, 0.2) is 12.2 Å². The Morgan fingerprint density at radius 1 is 0.500 bits per heavy atom. The number of hydrogen-bond donors (Lipinski definition) is 0. The minimum Gasteiger partial charge on any atom is -0.300 e. The van der Waals surface area contributed by atoms with E-state index in [2.05, 4.69) is 19.1 Å². The second-order valence-electron chi connectivity index (χ2n) is 8.67. The highest BCUT2D eigenvalue weighted by atomic mass is 16.1. The number of rotatable bonds is 23. The van der Waals surface area contributed by atoms with E-state index in [4.69, 9.17) is 0 Å². The van der Waals surface area contributed by atoms with Crippen molar-refractivity contribution < 1.29 is 4.79 Å². The SMILES string of the molecule is CCC=CCCCCCCCCCCCCCCCCCCCCC(=O)CC. The summed E-state index contributed by atoms with van der Waals surface area (Å²) in [6.45, 7) is 4.18. The van der Waals surface area contributed by atoms with Gasteiger partial charge in [-0.3, -0.25) is 4.79 Å². The van der Waals surface area contributed by atoms with Crippen LogP contribution in [-0.2, 0) is 4.79 Å². The Labute approximate surface area is 178 Å². The molecule has 0 unspecified atom stereocenters. The highest BCUT2D eigenvalue weighted by Crippen LogP contribution is 2.15. The van der Waals surface area contributed by atoms with Crippen molar-refractivity contribution in [2.45, 2.75) is 155 Å². The van der Waals surface area contributed by atoms with Crippen molar-refractivity contribution in [2.75, 3.05) is 0 Å². The Morgan fingerprint density at radius 2 is 0.857 bits per heavy atom. The van der Waals surface area contributed by atoms with Crippen molar-refractivity contribution in [3.8, 4) is 0 Å². The summed E-state index contributed by atoms with van der Waals surface area (Å²) >= 11 is 0. The van der Waals surface area contributed by atoms with Crippen LogP contribution in [0.2, 0.25) is 0 Å². The first kappa shape index (κ1) is 27.4. The van der Waals surface area contributed by atoms with Crippen LogP contribution in [0.25, 0.3) is 0 Å². The monoisotopic (exact) mass is 392 g/mol. The number of carbonyl (C=O) groups is 1. The molecule has 0 N–H and O–H groups in total. The lowest BCUT2D eigenvalue weighted by Crippen LogP contribution is -1.94. The summed E-state index contributed by atoms with van der Waals surface area (Å²) in [5.74, 6) is 0.436. The summed E-state index contributed by atoms with van der Waals surface area (Å²) < 4.78 is 0. The summed E-state index contributed by atoms with van der Waals surface area (Å²) in [4.78, 5) is 11.2. The van der Waals surface area contributed by atoms with Gasteiger partial charge in [-0.1, -0.05) is 129 Å². The Bertz CT molecular complexity index is 331. The quantitative estimate of drug-likeness (QED) is 0.125. The molecule has 0 saturated heterocycles. The second-order valence-corrected chi connectivity index (χ2v) is 8.67. The molecule has 0 heterocycles. The molecular formula is C27H52O. The van der Waals surface area contributed by atoms with E-state index in [0.717, 1.165) is 19.3 Å². The normalized spacial score (nSPS) is 11.5. The van der Waals surface area contributed by atoms with Gasteiger partial charge in [0.2, 0.25) is 0 Å². The van der Waals surface area contributed by atoms with Crippen LogP contribution in [0, 0.1) is 0 Å². The fraction of sp³-hybridized carbons (Fsp3) is 0.889. The molecule has 0 bridgehead atoms. The maximum Gasteiger partial charge on any atom is 0.132 e. The summed E-state index contributed by atoms with van der Waals surface area (Å²) in [7, 11) is 0. The zero-order valence-corrected chi connectivity index (χ0v) is 19.6. The molecule has 0 radical (unpaired) electrons. The average Bonchev–Trinajstić information content (AvgIpc) is 2.71. The number of unbranched alkanes of at least 4 members (excludes halogenated alkanes) is 18. The van der Waals surface area contributed by atoms with Crippen molar-refractivity contribution >= 4 is 5.78 Å². The lowest BCUT2D eigenvalue weighted by atomic mass is 10.0. The first-order valence-corrected chi connectivity index (χ1v) is 13.0. The summed E-state index contributed by atoms with van der Waals surface area (Å²) in [6.07, 6.45) is 33.8. The smallest absolute Gasteiger partial charge is 0.132 e. The average molecular weight is 393 g/mol. The number of carbonyl (C=O) groups excluding carboxylic acids is 1. The molecule has 1 nitrogen and oxygen atoms in total. The van der Waals surface area contributed by atoms with Gasteiger partial charge < -0.3 is 0 Å². The van der Waals surface area contributed by atoms with Crippen molar-refractivity contribution in [1.82, 2.24) is 0 Å². The van der Waals surface area contributed by atoms with Gasteiger partial charge in [-0.15, -0.1) is 0 Å². The van der Waals surface area contributed by atoms with E-state index in [0.29, 0.717) is 5.78 Å². The molecule has 0 aromatic carbocycles. The molecule has 0 aliphatic rings. The summed E-state index contributed by atoms with van der Waals surface area (Å²) in [5.41, 5.74) is 0. The highest BCUT2D eigenvalue weighted by molar-refractivity contribution is 5.77. The van der Waals surface area contributed by atoms with Crippen LogP contribution in [0.4, 0.5) is 0 Å². The molecule has 1 heteroatoms. The molecule has 0 atom stereocenters. The first-order chi connectivity index (χ1) is 13.8. The minimum atomic E-state index is 0.436. The second kappa shape index (κ2) is 24.4. The van der Waals surface area contributed by atoms with Gasteiger partial charge in [0.25, 0.3) is 0 Å².